The van der Waals surface area contributed by atoms with Crippen molar-refractivity contribution in [2.24, 2.45) is 0 Å². The number of benzene rings is 1. The monoisotopic (exact) mass is 282 g/mol. The molecule has 0 aliphatic heterocycles. The normalized spacial score (nSPS) is 14.2. The van der Waals surface area contributed by atoms with Gasteiger partial charge in [-0.1, -0.05) is 19.9 Å². The molecule has 1 rings (SSSR count). The lowest BCUT2D eigenvalue weighted by atomic mass is 9.91. The number of hydrogen-bond donors (Lipinski definition) is 1. The molecule has 0 saturated heterocycles. The molecule has 0 fully saturated rings. The minimum absolute atomic E-state index is 0.0738. The third kappa shape index (κ3) is 3.89. The number of aliphatic hydroxyl groups excluding tert-OH is 1. The zero-order chi connectivity index (χ0) is 14.8. The molecule has 0 bridgehead atoms. The highest BCUT2D eigenvalue weighted by Crippen LogP contribution is 2.36. The van der Waals surface area contributed by atoms with Crippen LogP contribution in [0.15, 0.2) is 18.2 Å². The van der Waals surface area contributed by atoms with Gasteiger partial charge in [0.1, 0.15) is 5.82 Å². The highest BCUT2D eigenvalue weighted by molar-refractivity contribution is 5.32. The molecule has 1 aromatic carbocycles. The molecule has 1 unspecified atom stereocenters. The van der Waals surface area contributed by atoms with Crippen molar-refractivity contribution in [1.29, 1.82) is 0 Å². The van der Waals surface area contributed by atoms with Crippen LogP contribution in [0.3, 0.4) is 0 Å². The van der Waals surface area contributed by atoms with E-state index in [9.17, 15) is 27.1 Å². The molecule has 0 radical (unpaired) electrons. The molecule has 1 aromatic rings. The van der Waals surface area contributed by atoms with Gasteiger partial charge in [0.2, 0.25) is 0 Å². The van der Waals surface area contributed by atoms with Gasteiger partial charge in [-0.05, 0) is 29.2 Å². The molecule has 19 heavy (non-hydrogen) atoms. The molecule has 1 nitrogen and oxygen atoms in total. The van der Waals surface area contributed by atoms with Crippen LogP contribution in [0.5, 0.6) is 0 Å². The Bertz CT molecular complexity index is 431. The van der Waals surface area contributed by atoms with E-state index < -0.39 is 30.7 Å². The molecule has 0 heterocycles. The van der Waals surface area contributed by atoms with Crippen molar-refractivity contribution in [2.75, 3.05) is 0 Å². The van der Waals surface area contributed by atoms with Crippen LogP contribution in [-0.4, -0.2) is 17.5 Å². The van der Waals surface area contributed by atoms with Crippen LogP contribution in [0, 0.1) is 5.82 Å². The van der Waals surface area contributed by atoms with E-state index in [1.54, 1.807) is 13.8 Å². The average molecular weight is 282 g/mol. The molecule has 1 N–H and O–H groups in total. The zero-order valence-corrected chi connectivity index (χ0v) is 10.5. The molecule has 0 aliphatic carbocycles. The highest BCUT2D eigenvalue weighted by Gasteiger charge is 2.43. The molecule has 0 saturated carbocycles. The molecule has 0 spiro atoms. The minimum Gasteiger partial charge on any atom is -0.388 e. The minimum atomic E-state index is -4.31. The van der Waals surface area contributed by atoms with Gasteiger partial charge in [-0.3, -0.25) is 0 Å². The second kappa shape index (κ2) is 5.86. The molecular formula is C13H15F5O. The SMILES string of the molecule is CC(C)c1ccc(F)cc1C(O)CC(F)(F)C(F)F. The van der Waals surface area contributed by atoms with Crippen LogP contribution in [0.1, 0.15) is 43.4 Å². The summed E-state index contributed by atoms with van der Waals surface area (Å²) in [6.07, 6.45) is -7.14. The van der Waals surface area contributed by atoms with Crippen molar-refractivity contribution in [3.8, 4) is 0 Å². The fourth-order valence-electron chi connectivity index (χ4n) is 1.82. The Labute approximate surface area is 108 Å². The summed E-state index contributed by atoms with van der Waals surface area (Å²) in [7, 11) is 0. The number of hydrogen-bond acceptors (Lipinski definition) is 1. The topological polar surface area (TPSA) is 20.2 Å². The molecule has 6 heteroatoms. The maximum atomic E-state index is 13.1. The Hall–Kier alpha value is -1.17. The van der Waals surface area contributed by atoms with Gasteiger partial charge in [0.15, 0.2) is 0 Å². The van der Waals surface area contributed by atoms with Gasteiger partial charge < -0.3 is 5.11 Å². The maximum Gasteiger partial charge on any atom is 0.310 e. The van der Waals surface area contributed by atoms with Crippen LogP contribution < -0.4 is 0 Å². The van der Waals surface area contributed by atoms with Crippen molar-refractivity contribution >= 4 is 0 Å². The van der Waals surface area contributed by atoms with E-state index in [1.807, 2.05) is 0 Å². The first kappa shape index (κ1) is 15.9. The number of aliphatic hydroxyl groups is 1. The van der Waals surface area contributed by atoms with Gasteiger partial charge in [0.25, 0.3) is 0 Å². The van der Waals surface area contributed by atoms with Crippen LogP contribution in [0.4, 0.5) is 22.0 Å². The first-order valence-corrected chi connectivity index (χ1v) is 5.78. The van der Waals surface area contributed by atoms with Gasteiger partial charge in [-0.15, -0.1) is 0 Å². The smallest absolute Gasteiger partial charge is 0.310 e. The average Bonchev–Trinajstić information content (AvgIpc) is 2.27. The predicted octanol–water partition coefficient (Wildman–Crippen LogP) is 4.27. The van der Waals surface area contributed by atoms with Crippen molar-refractivity contribution in [1.82, 2.24) is 0 Å². The second-order valence-electron chi connectivity index (χ2n) is 4.71. The summed E-state index contributed by atoms with van der Waals surface area (Å²) in [6.45, 7) is 3.46. The molecular weight excluding hydrogens is 267 g/mol. The molecule has 0 aromatic heterocycles. The van der Waals surface area contributed by atoms with Gasteiger partial charge in [-0.25, -0.2) is 22.0 Å². The lowest BCUT2D eigenvalue weighted by Crippen LogP contribution is -2.29. The predicted molar refractivity (Wildman–Crippen MR) is 61.0 cm³/mol. The van der Waals surface area contributed by atoms with E-state index in [0.717, 1.165) is 12.1 Å². The van der Waals surface area contributed by atoms with E-state index in [-0.39, 0.29) is 11.5 Å². The van der Waals surface area contributed by atoms with E-state index >= 15 is 0 Å². The maximum absolute atomic E-state index is 13.1. The summed E-state index contributed by atoms with van der Waals surface area (Å²) in [5.74, 6) is -5.16. The Kier molecular flexibility index (Phi) is 4.90. The molecule has 0 aliphatic rings. The largest absolute Gasteiger partial charge is 0.388 e. The van der Waals surface area contributed by atoms with E-state index in [0.29, 0.717) is 5.56 Å². The molecule has 1 atom stereocenters. The van der Waals surface area contributed by atoms with Crippen LogP contribution in [0.25, 0.3) is 0 Å². The second-order valence-corrected chi connectivity index (χ2v) is 4.71. The van der Waals surface area contributed by atoms with Crippen molar-refractivity contribution in [3.05, 3.63) is 35.1 Å². The lowest BCUT2D eigenvalue weighted by Gasteiger charge is -2.22. The Morgan fingerprint density at radius 3 is 2.21 bits per heavy atom. The van der Waals surface area contributed by atoms with Crippen molar-refractivity contribution in [2.45, 2.75) is 44.6 Å². The quantitative estimate of drug-likeness (QED) is 0.799. The Morgan fingerprint density at radius 1 is 1.16 bits per heavy atom. The highest BCUT2D eigenvalue weighted by atomic mass is 19.3. The molecule has 108 valence electrons. The summed E-state index contributed by atoms with van der Waals surface area (Å²) in [4.78, 5) is 0. The number of rotatable bonds is 5. The summed E-state index contributed by atoms with van der Waals surface area (Å²) in [5.41, 5.74) is 0.384. The summed E-state index contributed by atoms with van der Waals surface area (Å²) in [6, 6.07) is 3.40. The number of halogens is 5. The van der Waals surface area contributed by atoms with Crippen LogP contribution in [-0.2, 0) is 0 Å². The molecule has 0 amide bonds. The summed E-state index contributed by atoms with van der Waals surface area (Å²) < 4.78 is 63.1. The van der Waals surface area contributed by atoms with Crippen LogP contribution >= 0.6 is 0 Å². The van der Waals surface area contributed by atoms with Gasteiger partial charge >= 0.3 is 12.3 Å². The van der Waals surface area contributed by atoms with Crippen molar-refractivity contribution in [3.63, 3.8) is 0 Å². The summed E-state index contributed by atoms with van der Waals surface area (Å²) in [5, 5.41) is 9.68. The zero-order valence-electron chi connectivity index (χ0n) is 10.5. The van der Waals surface area contributed by atoms with Gasteiger partial charge in [0.05, 0.1) is 6.10 Å². The standard InChI is InChI=1S/C13H15F5O/c1-7(2)9-4-3-8(14)5-10(9)11(19)6-13(17,18)12(15)16/h3-5,7,11-12,19H,6H2,1-2H3. The van der Waals surface area contributed by atoms with E-state index in [4.69, 9.17) is 0 Å². The third-order valence-electron chi connectivity index (χ3n) is 2.81. The summed E-state index contributed by atoms with van der Waals surface area (Å²) >= 11 is 0. The Balaban J connectivity index is 3.05. The lowest BCUT2D eigenvalue weighted by molar-refractivity contribution is -0.149. The Morgan fingerprint density at radius 2 is 1.74 bits per heavy atom. The van der Waals surface area contributed by atoms with Crippen molar-refractivity contribution < 1.29 is 27.1 Å². The van der Waals surface area contributed by atoms with Gasteiger partial charge in [0, 0.05) is 6.42 Å². The first-order chi connectivity index (χ1) is 8.65. The fourth-order valence-corrected chi connectivity index (χ4v) is 1.82. The van der Waals surface area contributed by atoms with Gasteiger partial charge in [-0.2, -0.15) is 0 Å². The first-order valence-electron chi connectivity index (χ1n) is 5.78. The third-order valence-corrected chi connectivity index (χ3v) is 2.81. The van der Waals surface area contributed by atoms with Crippen LogP contribution in [0.2, 0.25) is 0 Å². The number of alkyl halides is 4. The van der Waals surface area contributed by atoms with E-state index in [2.05, 4.69) is 0 Å². The fraction of sp³-hybridized carbons (Fsp3) is 0.538. The van der Waals surface area contributed by atoms with E-state index in [1.165, 1.54) is 6.07 Å².